The Morgan fingerprint density at radius 2 is 2.21 bits per heavy atom. The fourth-order valence-corrected chi connectivity index (χ4v) is 1.36. The van der Waals surface area contributed by atoms with Crippen LogP contribution in [0, 0.1) is 0 Å². The summed E-state index contributed by atoms with van der Waals surface area (Å²) in [6.45, 7) is 4.04. The molecular formula is C11H18N2O. The lowest BCUT2D eigenvalue weighted by Crippen LogP contribution is -1.97. The minimum absolute atomic E-state index is 0.138. The predicted octanol–water partition coefficient (Wildman–Crippen LogP) is 2.74. The van der Waals surface area contributed by atoms with Crippen molar-refractivity contribution in [1.82, 2.24) is 9.97 Å². The maximum atomic E-state index is 11.3. The van der Waals surface area contributed by atoms with E-state index in [0.717, 1.165) is 18.7 Å². The van der Waals surface area contributed by atoms with Crippen LogP contribution in [0.15, 0.2) is 6.20 Å². The van der Waals surface area contributed by atoms with Gasteiger partial charge in [-0.2, -0.15) is 0 Å². The Balaban J connectivity index is 2.46. The zero-order chi connectivity index (χ0) is 10.4. The van der Waals surface area contributed by atoms with E-state index in [0.29, 0.717) is 12.1 Å². The molecular weight excluding hydrogens is 176 g/mol. The molecule has 0 aliphatic heterocycles. The molecule has 1 aromatic heterocycles. The van der Waals surface area contributed by atoms with Crippen molar-refractivity contribution in [2.75, 3.05) is 0 Å². The summed E-state index contributed by atoms with van der Waals surface area (Å²) in [5.74, 6) is 1.08. The molecule has 1 rings (SSSR count). The number of nitrogens with one attached hydrogen (secondary N) is 1. The number of aromatic nitrogens is 2. The van der Waals surface area contributed by atoms with Crippen molar-refractivity contribution < 1.29 is 4.79 Å². The molecule has 0 bridgehead atoms. The Kier molecular flexibility index (Phi) is 4.36. The number of Topliss-reactive ketones (excluding diaryl/α,β-unsaturated/α-hetero) is 1. The van der Waals surface area contributed by atoms with Gasteiger partial charge in [-0.25, -0.2) is 4.98 Å². The van der Waals surface area contributed by atoms with Crippen molar-refractivity contribution in [2.24, 2.45) is 0 Å². The SMILES string of the molecule is CCCCCc1ncc(C(=O)CC)[nH]1. The summed E-state index contributed by atoms with van der Waals surface area (Å²) in [7, 11) is 0. The number of ketones is 1. The Morgan fingerprint density at radius 1 is 1.43 bits per heavy atom. The third-order valence-electron chi connectivity index (χ3n) is 2.27. The average Bonchev–Trinajstić information content (AvgIpc) is 2.66. The molecule has 0 amide bonds. The van der Waals surface area contributed by atoms with Crippen LogP contribution < -0.4 is 0 Å². The molecule has 0 aliphatic carbocycles. The van der Waals surface area contributed by atoms with Crippen LogP contribution in [-0.4, -0.2) is 15.8 Å². The Morgan fingerprint density at radius 3 is 2.86 bits per heavy atom. The molecule has 0 spiro atoms. The molecule has 0 atom stereocenters. The van der Waals surface area contributed by atoms with Crippen molar-refractivity contribution in [3.8, 4) is 0 Å². The maximum absolute atomic E-state index is 11.3. The lowest BCUT2D eigenvalue weighted by Gasteiger charge is -1.95. The van der Waals surface area contributed by atoms with Crippen LogP contribution in [0.3, 0.4) is 0 Å². The van der Waals surface area contributed by atoms with Gasteiger partial charge in [-0.15, -0.1) is 0 Å². The van der Waals surface area contributed by atoms with E-state index in [1.54, 1.807) is 6.20 Å². The first kappa shape index (κ1) is 11.0. The largest absolute Gasteiger partial charge is 0.340 e. The van der Waals surface area contributed by atoms with E-state index in [4.69, 9.17) is 0 Å². The lowest BCUT2D eigenvalue weighted by molar-refractivity contribution is 0.0983. The van der Waals surface area contributed by atoms with Crippen LogP contribution in [-0.2, 0) is 6.42 Å². The summed E-state index contributed by atoms with van der Waals surface area (Å²) in [6.07, 6.45) is 6.71. The molecule has 0 unspecified atom stereocenters. The first-order chi connectivity index (χ1) is 6.77. The Bertz CT molecular complexity index is 291. The fourth-order valence-electron chi connectivity index (χ4n) is 1.36. The Hall–Kier alpha value is -1.12. The molecule has 0 aromatic carbocycles. The van der Waals surface area contributed by atoms with Crippen LogP contribution in [0.25, 0.3) is 0 Å². The van der Waals surface area contributed by atoms with E-state index in [1.807, 2.05) is 6.92 Å². The van der Waals surface area contributed by atoms with E-state index in [2.05, 4.69) is 16.9 Å². The average molecular weight is 194 g/mol. The van der Waals surface area contributed by atoms with E-state index in [-0.39, 0.29) is 5.78 Å². The van der Waals surface area contributed by atoms with Gasteiger partial charge < -0.3 is 4.98 Å². The lowest BCUT2D eigenvalue weighted by atomic mass is 10.2. The van der Waals surface area contributed by atoms with Crippen molar-refractivity contribution in [3.05, 3.63) is 17.7 Å². The highest BCUT2D eigenvalue weighted by molar-refractivity contribution is 5.93. The number of carbonyl (C=O) groups is 1. The van der Waals surface area contributed by atoms with Gasteiger partial charge in [-0.1, -0.05) is 26.7 Å². The topological polar surface area (TPSA) is 45.8 Å². The Labute approximate surface area is 84.9 Å². The number of hydrogen-bond acceptors (Lipinski definition) is 2. The number of carbonyl (C=O) groups excluding carboxylic acids is 1. The van der Waals surface area contributed by atoms with Crippen LogP contribution in [0.2, 0.25) is 0 Å². The molecule has 0 aliphatic rings. The minimum Gasteiger partial charge on any atom is -0.340 e. The van der Waals surface area contributed by atoms with Crippen molar-refractivity contribution in [3.63, 3.8) is 0 Å². The summed E-state index contributed by atoms with van der Waals surface area (Å²) < 4.78 is 0. The van der Waals surface area contributed by atoms with Crippen LogP contribution in [0.4, 0.5) is 0 Å². The molecule has 1 N–H and O–H groups in total. The molecule has 3 nitrogen and oxygen atoms in total. The van der Waals surface area contributed by atoms with Crippen molar-refractivity contribution in [1.29, 1.82) is 0 Å². The normalized spacial score (nSPS) is 10.4. The second kappa shape index (κ2) is 5.58. The summed E-state index contributed by atoms with van der Waals surface area (Å²) >= 11 is 0. The summed E-state index contributed by atoms with van der Waals surface area (Å²) in [5, 5.41) is 0. The van der Waals surface area contributed by atoms with Gasteiger partial charge >= 0.3 is 0 Å². The van der Waals surface area contributed by atoms with E-state index in [1.165, 1.54) is 12.8 Å². The number of imidazole rings is 1. The molecule has 0 radical (unpaired) electrons. The second-order valence-corrected chi connectivity index (χ2v) is 3.48. The third-order valence-corrected chi connectivity index (χ3v) is 2.27. The molecule has 1 aromatic rings. The van der Waals surface area contributed by atoms with Crippen molar-refractivity contribution >= 4 is 5.78 Å². The van der Waals surface area contributed by atoms with E-state index >= 15 is 0 Å². The molecule has 1 heterocycles. The number of unbranched alkanes of at least 4 members (excludes halogenated alkanes) is 2. The molecule has 3 heteroatoms. The van der Waals surface area contributed by atoms with Gasteiger partial charge in [0.1, 0.15) is 11.5 Å². The van der Waals surface area contributed by atoms with Gasteiger partial charge in [0.2, 0.25) is 0 Å². The number of aromatic amines is 1. The van der Waals surface area contributed by atoms with Crippen LogP contribution in [0.1, 0.15) is 55.8 Å². The second-order valence-electron chi connectivity index (χ2n) is 3.48. The number of hydrogen-bond donors (Lipinski definition) is 1. The summed E-state index contributed by atoms with van der Waals surface area (Å²) in [4.78, 5) is 18.5. The molecule has 0 saturated carbocycles. The van der Waals surface area contributed by atoms with Gasteiger partial charge in [-0.05, 0) is 6.42 Å². The minimum atomic E-state index is 0.138. The predicted molar refractivity (Wildman–Crippen MR) is 56.4 cm³/mol. The molecule has 0 saturated heterocycles. The van der Waals surface area contributed by atoms with Gasteiger partial charge in [0.05, 0.1) is 6.20 Å². The van der Waals surface area contributed by atoms with E-state index < -0.39 is 0 Å². The monoisotopic (exact) mass is 194 g/mol. The summed E-state index contributed by atoms with van der Waals surface area (Å²) in [5.41, 5.74) is 0.652. The number of aryl methyl sites for hydroxylation is 1. The smallest absolute Gasteiger partial charge is 0.180 e. The van der Waals surface area contributed by atoms with Gasteiger partial charge in [0.25, 0.3) is 0 Å². The van der Waals surface area contributed by atoms with E-state index in [9.17, 15) is 4.79 Å². The highest BCUT2D eigenvalue weighted by Gasteiger charge is 2.06. The van der Waals surface area contributed by atoms with Crippen molar-refractivity contribution in [2.45, 2.75) is 46.0 Å². The molecule has 0 fully saturated rings. The summed E-state index contributed by atoms with van der Waals surface area (Å²) in [6, 6.07) is 0. The zero-order valence-corrected chi connectivity index (χ0v) is 8.97. The van der Waals surface area contributed by atoms with Crippen LogP contribution >= 0.6 is 0 Å². The van der Waals surface area contributed by atoms with Crippen LogP contribution in [0.5, 0.6) is 0 Å². The zero-order valence-electron chi connectivity index (χ0n) is 8.97. The third kappa shape index (κ3) is 2.98. The first-order valence-electron chi connectivity index (χ1n) is 5.35. The standard InChI is InChI=1S/C11H18N2O/c1-3-5-6-7-11-12-8-9(13-11)10(14)4-2/h8H,3-7H2,1-2H3,(H,12,13). The fraction of sp³-hybridized carbons (Fsp3) is 0.636. The molecule has 14 heavy (non-hydrogen) atoms. The highest BCUT2D eigenvalue weighted by Crippen LogP contribution is 2.05. The quantitative estimate of drug-likeness (QED) is 0.559. The number of nitrogens with zero attached hydrogens (tertiary/aromatic N) is 1. The highest BCUT2D eigenvalue weighted by atomic mass is 16.1. The molecule has 78 valence electrons. The number of rotatable bonds is 6. The first-order valence-corrected chi connectivity index (χ1v) is 5.35. The number of H-pyrrole nitrogens is 1. The van der Waals surface area contributed by atoms with Gasteiger partial charge in [0.15, 0.2) is 5.78 Å². The van der Waals surface area contributed by atoms with Gasteiger partial charge in [-0.3, -0.25) is 4.79 Å². The maximum Gasteiger partial charge on any atom is 0.180 e. The van der Waals surface area contributed by atoms with Gasteiger partial charge in [0, 0.05) is 12.8 Å².